The molecule has 0 radical (unpaired) electrons. The summed E-state index contributed by atoms with van der Waals surface area (Å²) >= 11 is 0. The van der Waals surface area contributed by atoms with Crippen LogP contribution in [0.2, 0.25) is 0 Å². The number of hydrogen-bond acceptors (Lipinski definition) is 3. The van der Waals surface area contributed by atoms with Crippen LogP contribution in [0.25, 0.3) is 5.69 Å². The van der Waals surface area contributed by atoms with E-state index in [0.29, 0.717) is 18.8 Å². The van der Waals surface area contributed by atoms with Crippen LogP contribution < -0.4 is 4.90 Å². The molecule has 1 saturated heterocycles. The minimum atomic E-state index is -4.31. The summed E-state index contributed by atoms with van der Waals surface area (Å²) in [6, 6.07) is 15.5. The molecule has 0 aliphatic carbocycles. The molecule has 0 saturated carbocycles. The standard InChI is InChI=1S/C21H21F3N4/c22-21(23,24)18-5-4-8-20(13-18)27-11-9-26(10-12-27)15-17-14-25-28(16-17)19-6-2-1-3-7-19/h1-8,13-14,16H,9-12,15H2. The highest BCUT2D eigenvalue weighted by atomic mass is 19.4. The third-order valence-corrected chi connectivity index (χ3v) is 4.97. The Kier molecular flexibility index (Phi) is 5.09. The molecule has 0 unspecified atom stereocenters. The van der Waals surface area contributed by atoms with E-state index < -0.39 is 11.7 Å². The van der Waals surface area contributed by atoms with Crippen LogP contribution >= 0.6 is 0 Å². The molecular formula is C21H21F3N4. The van der Waals surface area contributed by atoms with Crippen molar-refractivity contribution in [1.29, 1.82) is 0 Å². The summed E-state index contributed by atoms with van der Waals surface area (Å²) in [7, 11) is 0. The molecule has 4 nitrogen and oxygen atoms in total. The van der Waals surface area contributed by atoms with E-state index in [-0.39, 0.29) is 0 Å². The Morgan fingerprint density at radius 2 is 1.57 bits per heavy atom. The SMILES string of the molecule is FC(F)(F)c1cccc(N2CCN(Cc3cnn(-c4ccccc4)c3)CC2)c1. The van der Waals surface area contributed by atoms with Gasteiger partial charge in [0.05, 0.1) is 17.4 Å². The lowest BCUT2D eigenvalue weighted by atomic mass is 10.1. The maximum Gasteiger partial charge on any atom is 0.416 e. The van der Waals surface area contributed by atoms with E-state index in [2.05, 4.69) is 10.00 Å². The predicted octanol–water partition coefficient (Wildman–Crippen LogP) is 4.21. The first-order chi connectivity index (χ1) is 13.5. The number of halogens is 3. The molecule has 7 heteroatoms. The Morgan fingerprint density at radius 1 is 0.857 bits per heavy atom. The molecule has 0 amide bonds. The number of alkyl halides is 3. The number of anilines is 1. The lowest BCUT2D eigenvalue weighted by Gasteiger charge is -2.36. The summed E-state index contributed by atoms with van der Waals surface area (Å²) in [5.74, 6) is 0. The monoisotopic (exact) mass is 386 g/mol. The fraction of sp³-hybridized carbons (Fsp3) is 0.286. The van der Waals surface area contributed by atoms with Gasteiger partial charge in [-0.15, -0.1) is 0 Å². The second-order valence-electron chi connectivity index (χ2n) is 6.94. The van der Waals surface area contributed by atoms with Crippen LogP contribution in [-0.2, 0) is 12.7 Å². The molecule has 1 fully saturated rings. The summed E-state index contributed by atoms with van der Waals surface area (Å²) in [6.07, 6.45) is -0.419. The zero-order valence-electron chi connectivity index (χ0n) is 15.3. The van der Waals surface area contributed by atoms with Crippen molar-refractivity contribution in [2.75, 3.05) is 31.1 Å². The van der Waals surface area contributed by atoms with Gasteiger partial charge in [-0.05, 0) is 30.3 Å². The number of para-hydroxylation sites is 1. The van der Waals surface area contributed by atoms with E-state index in [1.807, 2.05) is 52.3 Å². The Morgan fingerprint density at radius 3 is 2.29 bits per heavy atom. The van der Waals surface area contributed by atoms with Crippen molar-refractivity contribution < 1.29 is 13.2 Å². The highest BCUT2D eigenvalue weighted by Crippen LogP contribution is 2.31. The molecule has 0 atom stereocenters. The molecule has 2 heterocycles. The minimum Gasteiger partial charge on any atom is -0.369 e. The van der Waals surface area contributed by atoms with Crippen LogP contribution in [0.5, 0.6) is 0 Å². The van der Waals surface area contributed by atoms with Gasteiger partial charge in [0.25, 0.3) is 0 Å². The second kappa shape index (κ2) is 7.67. The van der Waals surface area contributed by atoms with Crippen molar-refractivity contribution in [3.8, 4) is 5.69 Å². The first-order valence-corrected chi connectivity index (χ1v) is 9.22. The van der Waals surface area contributed by atoms with Crippen LogP contribution in [0, 0.1) is 0 Å². The van der Waals surface area contributed by atoms with E-state index in [9.17, 15) is 13.2 Å². The molecule has 0 spiro atoms. The van der Waals surface area contributed by atoms with Crippen molar-refractivity contribution in [2.24, 2.45) is 0 Å². The smallest absolute Gasteiger partial charge is 0.369 e. The second-order valence-corrected chi connectivity index (χ2v) is 6.94. The zero-order chi connectivity index (χ0) is 19.6. The highest BCUT2D eigenvalue weighted by molar-refractivity contribution is 5.49. The van der Waals surface area contributed by atoms with Crippen molar-refractivity contribution in [3.63, 3.8) is 0 Å². The summed E-state index contributed by atoms with van der Waals surface area (Å²) in [4.78, 5) is 4.32. The number of nitrogens with zero attached hydrogens (tertiary/aromatic N) is 4. The molecule has 4 rings (SSSR count). The fourth-order valence-electron chi connectivity index (χ4n) is 3.46. The van der Waals surface area contributed by atoms with Crippen LogP contribution in [0.4, 0.5) is 18.9 Å². The molecule has 1 aliphatic heterocycles. The first-order valence-electron chi connectivity index (χ1n) is 9.22. The van der Waals surface area contributed by atoms with Crippen molar-refractivity contribution >= 4 is 5.69 Å². The number of rotatable bonds is 4. The van der Waals surface area contributed by atoms with Gasteiger partial charge in [-0.3, -0.25) is 4.90 Å². The fourth-order valence-corrected chi connectivity index (χ4v) is 3.46. The quantitative estimate of drug-likeness (QED) is 0.671. The van der Waals surface area contributed by atoms with Crippen molar-refractivity contribution in [3.05, 3.63) is 78.1 Å². The van der Waals surface area contributed by atoms with Gasteiger partial charge in [0.2, 0.25) is 0 Å². The Bertz CT molecular complexity index is 913. The Labute approximate surface area is 161 Å². The van der Waals surface area contributed by atoms with Crippen LogP contribution in [0.3, 0.4) is 0 Å². The predicted molar refractivity (Wildman–Crippen MR) is 102 cm³/mol. The average molecular weight is 386 g/mol. The summed E-state index contributed by atoms with van der Waals surface area (Å²) in [5.41, 5.74) is 2.17. The lowest BCUT2D eigenvalue weighted by molar-refractivity contribution is -0.137. The van der Waals surface area contributed by atoms with Gasteiger partial charge in [-0.25, -0.2) is 4.68 Å². The minimum absolute atomic E-state index is 0.597. The van der Waals surface area contributed by atoms with Gasteiger partial charge in [0.15, 0.2) is 0 Å². The average Bonchev–Trinajstić information content (AvgIpc) is 3.17. The molecule has 0 bridgehead atoms. The van der Waals surface area contributed by atoms with Crippen molar-refractivity contribution in [2.45, 2.75) is 12.7 Å². The number of hydrogen-bond donors (Lipinski definition) is 0. The molecule has 2 aromatic carbocycles. The normalized spacial score (nSPS) is 15.8. The van der Waals surface area contributed by atoms with Gasteiger partial charge in [-0.1, -0.05) is 24.3 Å². The molecule has 1 aromatic heterocycles. The van der Waals surface area contributed by atoms with Gasteiger partial charge < -0.3 is 4.90 Å². The number of aromatic nitrogens is 2. The summed E-state index contributed by atoms with van der Waals surface area (Å²) in [6.45, 7) is 3.78. The van der Waals surface area contributed by atoms with Gasteiger partial charge in [0, 0.05) is 50.2 Å². The Balaban J connectivity index is 1.36. The van der Waals surface area contributed by atoms with Crippen LogP contribution in [0.15, 0.2) is 67.0 Å². The van der Waals surface area contributed by atoms with E-state index in [1.54, 1.807) is 6.07 Å². The maximum absolute atomic E-state index is 12.9. The highest BCUT2D eigenvalue weighted by Gasteiger charge is 2.31. The van der Waals surface area contributed by atoms with Crippen LogP contribution in [0.1, 0.15) is 11.1 Å². The van der Waals surface area contributed by atoms with E-state index >= 15 is 0 Å². The number of piperazine rings is 1. The van der Waals surface area contributed by atoms with E-state index in [0.717, 1.165) is 37.0 Å². The van der Waals surface area contributed by atoms with Crippen molar-refractivity contribution in [1.82, 2.24) is 14.7 Å². The zero-order valence-corrected chi connectivity index (χ0v) is 15.3. The van der Waals surface area contributed by atoms with E-state index in [1.165, 1.54) is 12.1 Å². The topological polar surface area (TPSA) is 24.3 Å². The molecule has 146 valence electrons. The molecule has 3 aromatic rings. The van der Waals surface area contributed by atoms with Gasteiger partial charge in [0.1, 0.15) is 0 Å². The molecular weight excluding hydrogens is 365 g/mol. The third-order valence-electron chi connectivity index (χ3n) is 4.97. The van der Waals surface area contributed by atoms with E-state index in [4.69, 9.17) is 0 Å². The lowest BCUT2D eigenvalue weighted by Crippen LogP contribution is -2.46. The number of benzene rings is 2. The maximum atomic E-state index is 12.9. The first kappa shape index (κ1) is 18.6. The molecule has 0 N–H and O–H groups in total. The molecule has 1 aliphatic rings. The van der Waals surface area contributed by atoms with Crippen LogP contribution in [-0.4, -0.2) is 40.9 Å². The third kappa shape index (κ3) is 4.20. The van der Waals surface area contributed by atoms with Gasteiger partial charge in [-0.2, -0.15) is 18.3 Å². The Hall–Kier alpha value is -2.80. The largest absolute Gasteiger partial charge is 0.416 e. The summed E-state index contributed by atoms with van der Waals surface area (Å²) in [5, 5.41) is 4.42. The summed E-state index contributed by atoms with van der Waals surface area (Å²) < 4.78 is 40.6. The van der Waals surface area contributed by atoms with Gasteiger partial charge >= 0.3 is 6.18 Å². The molecule has 28 heavy (non-hydrogen) atoms.